The average Bonchev–Trinajstić information content (AvgIpc) is 3.23. The average molecular weight is 519 g/mol. The summed E-state index contributed by atoms with van der Waals surface area (Å²) in [6, 6.07) is 12.9. The summed E-state index contributed by atoms with van der Waals surface area (Å²) in [5.74, 6) is 1.72. The van der Waals surface area contributed by atoms with Gasteiger partial charge in [0.15, 0.2) is 17.6 Å². The molecule has 2 aromatic carbocycles. The molecule has 2 fully saturated rings. The molecule has 2 aliphatic rings. The van der Waals surface area contributed by atoms with Crippen LogP contribution < -0.4 is 14.2 Å². The molecule has 2 amide bonds. The van der Waals surface area contributed by atoms with E-state index in [1.165, 1.54) is 0 Å². The third-order valence-corrected chi connectivity index (χ3v) is 6.63. The maximum absolute atomic E-state index is 13.1. The molecule has 2 saturated heterocycles. The highest BCUT2D eigenvalue weighted by molar-refractivity contribution is 9.10. The molecule has 33 heavy (non-hydrogen) atoms. The van der Waals surface area contributed by atoms with E-state index in [0.29, 0.717) is 60.6 Å². The van der Waals surface area contributed by atoms with Gasteiger partial charge in [-0.1, -0.05) is 18.2 Å². The van der Waals surface area contributed by atoms with Crippen LogP contribution in [0.25, 0.3) is 0 Å². The van der Waals surface area contributed by atoms with E-state index in [2.05, 4.69) is 15.9 Å². The van der Waals surface area contributed by atoms with Crippen LogP contribution in [0.4, 0.5) is 4.79 Å². The maximum atomic E-state index is 13.1. The number of carbonyl (C=O) groups excluding carboxylic acids is 2. The lowest BCUT2D eigenvalue weighted by Crippen LogP contribution is -2.47. The number of piperidine rings is 1. The van der Waals surface area contributed by atoms with E-state index in [1.807, 2.05) is 30.3 Å². The number of hydrogen-bond donors (Lipinski definition) is 0. The van der Waals surface area contributed by atoms with Crippen LogP contribution in [-0.4, -0.2) is 74.4 Å². The highest BCUT2D eigenvalue weighted by Crippen LogP contribution is 2.34. The number of ether oxygens (including phenoxy) is 4. The molecule has 2 aliphatic heterocycles. The third-order valence-electron chi connectivity index (χ3n) is 5.98. The van der Waals surface area contributed by atoms with Gasteiger partial charge in [-0.3, -0.25) is 4.79 Å². The number of carbonyl (C=O) groups is 2. The zero-order chi connectivity index (χ0) is 23.4. The Kier molecular flexibility index (Phi) is 7.27. The Morgan fingerprint density at radius 1 is 1.09 bits per heavy atom. The quantitative estimate of drug-likeness (QED) is 0.551. The number of likely N-dealkylation sites (tertiary alicyclic amines) is 1. The largest absolute Gasteiger partial charge is 0.493 e. The second-order valence-corrected chi connectivity index (χ2v) is 8.85. The van der Waals surface area contributed by atoms with Crippen molar-refractivity contribution in [2.24, 2.45) is 0 Å². The molecule has 0 radical (unpaired) electrons. The zero-order valence-corrected chi connectivity index (χ0v) is 20.2. The minimum atomic E-state index is -0.316. The van der Waals surface area contributed by atoms with Gasteiger partial charge in [0.25, 0.3) is 5.91 Å². The van der Waals surface area contributed by atoms with Crippen molar-refractivity contribution < 1.29 is 28.5 Å². The lowest BCUT2D eigenvalue weighted by Gasteiger charge is -2.35. The molecule has 0 spiro atoms. The topological polar surface area (TPSA) is 77.5 Å². The standard InChI is InChI=1S/C24H27BrN2O6/c1-30-21-12-19(20(25)13-22(21)31-2)23(28)26-10-8-16(9-11-26)27-14-18(33-24(27)29)15-32-17-6-4-3-5-7-17/h3-7,12-13,16,18H,8-11,14-15H2,1-2H3. The first kappa shape index (κ1) is 23.2. The van der Waals surface area contributed by atoms with Crippen LogP contribution >= 0.6 is 15.9 Å². The van der Waals surface area contributed by atoms with E-state index in [4.69, 9.17) is 18.9 Å². The summed E-state index contributed by atoms with van der Waals surface area (Å²) in [5, 5.41) is 0. The lowest BCUT2D eigenvalue weighted by molar-refractivity contribution is 0.0657. The van der Waals surface area contributed by atoms with E-state index in [9.17, 15) is 9.59 Å². The van der Waals surface area contributed by atoms with Gasteiger partial charge in [0.1, 0.15) is 12.4 Å². The highest BCUT2D eigenvalue weighted by atomic mass is 79.9. The molecule has 0 aliphatic carbocycles. The number of amides is 2. The fraction of sp³-hybridized carbons (Fsp3) is 0.417. The first-order valence-electron chi connectivity index (χ1n) is 10.9. The Morgan fingerprint density at radius 3 is 2.42 bits per heavy atom. The van der Waals surface area contributed by atoms with Crippen LogP contribution in [-0.2, 0) is 4.74 Å². The smallest absolute Gasteiger partial charge is 0.410 e. The number of nitrogens with zero attached hydrogens (tertiary/aromatic N) is 2. The van der Waals surface area contributed by atoms with Gasteiger partial charge in [0.05, 0.1) is 26.3 Å². The van der Waals surface area contributed by atoms with E-state index in [1.54, 1.807) is 36.2 Å². The SMILES string of the molecule is COc1cc(Br)c(C(=O)N2CCC(N3CC(COc4ccccc4)OC3=O)CC2)cc1OC. The summed E-state index contributed by atoms with van der Waals surface area (Å²) < 4.78 is 22.5. The first-order valence-corrected chi connectivity index (χ1v) is 11.7. The normalized spacial score (nSPS) is 18.8. The number of benzene rings is 2. The molecular formula is C24H27BrN2O6. The minimum absolute atomic E-state index is 0.0390. The number of methoxy groups -OCH3 is 2. The van der Waals surface area contributed by atoms with Crippen LogP contribution in [0.2, 0.25) is 0 Å². The number of cyclic esters (lactones) is 1. The minimum Gasteiger partial charge on any atom is -0.493 e. The van der Waals surface area contributed by atoms with Crippen molar-refractivity contribution in [3.63, 3.8) is 0 Å². The van der Waals surface area contributed by atoms with Crippen molar-refractivity contribution in [2.45, 2.75) is 25.0 Å². The summed E-state index contributed by atoms with van der Waals surface area (Å²) in [4.78, 5) is 29.2. The number of hydrogen-bond acceptors (Lipinski definition) is 6. The van der Waals surface area contributed by atoms with Gasteiger partial charge in [0, 0.05) is 23.6 Å². The van der Waals surface area contributed by atoms with E-state index in [-0.39, 0.29) is 24.1 Å². The second-order valence-electron chi connectivity index (χ2n) is 7.99. The molecule has 0 bridgehead atoms. The summed E-state index contributed by atoms with van der Waals surface area (Å²) in [6.45, 7) is 1.92. The van der Waals surface area contributed by atoms with Crippen molar-refractivity contribution in [1.29, 1.82) is 0 Å². The van der Waals surface area contributed by atoms with E-state index < -0.39 is 0 Å². The molecule has 0 aromatic heterocycles. The molecular weight excluding hydrogens is 492 g/mol. The Balaban J connectivity index is 1.32. The van der Waals surface area contributed by atoms with Crippen LogP contribution in [0.5, 0.6) is 17.2 Å². The van der Waals surface area contributed by atoms with Gasteiger partial charge in [-0.25, -0.2) is 4.79 Å². The Bertz CT molecular complexity index is 994. The Hall–Kier alpha value is -2.94. The Labute approximate surface area is 201 Å². The van der Waals surface area contributed by atoms with Crippen molar-refractivity contribution in [3.8, 4) is 17.2 Å². The molecule has 1 unspecified atom stereocenters. The molecule has 1 atom stereocenters. The first-order chi connectivity index (χ1) is 16.0. The number of para-hydroxylation sites is 1. The van der Waals surface area contributed by atoms with Crippen LogP contribution in [0.3, 0.4) is 0 Å². The number of rotatable bonds is 7. The molecule has 176 valence electrons. The zero-order valence-electron chi connectivity index (χ0n) is 18.7. The second kappa shape index (κ2) is 10.3. The van der Waals surface area contributed by atoms with E-state index in [0.717, 1.165) is 5.75 Å². The monoisotopic (exact) mass is 518 g/mol. The molecule has 2 heterocycles. The number of halogens is 1. The Morgan fingerprint density at radius 2 is 1.76 bits per heavy atom. The summed E-state index contributed by atoms with van der Waals surface area (Å²) in [7, 11) is 3.09. The summed E-state index contributed by atoms with van der Waals surface area (Å²) in [6.07, 6.45) is 0.764. The van der Waals surface area contributed by atoms with Gasteiger partial charge in [-0.2, -0.15) is 0 Å². The highest BCUT2D eigenvalue weighted by Gasteiger charge is 2.38. The predicted octanol–water partition coefficient (Wildman–Crippen LogP) is 3.97. The van der Waals surface area contributed by atoms with Gasteiger partial charge in [0.2, 0.25) is 0 Å². The van der Waals surface area contributed by atoms with E-state index >= 15 is 0 Å². The van der Waals surface area contributed by atoms with Gasteiger partial charge in [-0.15, -0.1) is 0 Å². The summed E-state index contributed by atoms with van der Waals surface area (Å²) in [5.41, 5.74) is 0.518. The molecule has 9 heteroatoms. The molecule has 0 saturated carbocycles. The van der Waals surface area contributed by atoms with Gasteiger partial charge in [-0.05, 0) is 53.0 Å². The summed E-state index contributed by atoms with van der Waals surface area (Å²) >= 11 is 3.47. The van der Waals surface area contributed by atoms with Crippen LogP contribution in [0.15, 0.2) is 46.9 Å². The molecule has 0 N–H and O–H groups in total. The van der Waals surface area contributed by atoms with Crippen molar-refractivity contribution >= 4 is 27.9 Å². The fourth-order valence-corrected chi connectivity index (χ4v) is 4.69. The predicted molar refractivity (Wildman–Crippen MR) is 125 cm³/mol. The lowest BCUT2D eigenvalue weighted by atomic mass is 10.0. The molecule has 2 aromatic rings. The van der Waals surface area contributed by atoms with Crippen molar-refractivity contribution in [1.82, 2.24) is 9.80 Å². The van der Waals surface area contributed by atoms with Crippen molar-refractivity contribution in [2.75, 3.05) is 40.5 Å². The maximum Gasteiger partial charge on any atom is 0.410 e. The van der Waals surface area contributed by atoms with Gasteiger partial charge < -0.3 is 28.7 Å². The third kappa shape index (κ3) is 5.19. The van der Waals surface area contributed by atoms with Crippen LogP contribution in [0.1, 0.15) is 23.2 Å². The fourth-order valence-electron chi connectivity index (χ4n) is 4.20. The van der Waals surface area contributed by atoms with Crippen molar-refractivity contribution in [3.05, 3.63) is 52.5 Å². The van der Waals surface area contributed by atoms with Crippen LogP contribution in [0, 0.1) is 0 Å². The molecule has 4 rings (SSSR count). The molecule has 8 nitrogen and oxygen atoms in total. The van der Waals surface area contributed by atoms with Gasteiger partial charge >= 0.3 is 6.09 Å².